The minimum Gasteiger partial charge on any atom is -0.288 e. The summed E-state index contributed by atoms with van der Waals surface area (Å²) in [6.45, 7) is 2.20. The van der Waals surface area contributed by atoms with Crippen LogP contribution in [0, 0.1) is 0 Å². The predicted molar refractivity (Wildman–Crippen MR) is 48.7 cm³/mol. The van der Waals surface area contributed by atoms with Gasteiger partial charge >= 0.3 is 0 Å². The molecule has 0 aliphatic heterocycles. The van der Waals surface area contributed by atoms with Gasteiger partial charge in [0.15, 0.2) is 0 Å². The molecule has 0 fully saturated rings. The number of nitrogens with one attached hydrogen (secondary N) is 1. The lowest BCUT2D eigenvalue weighted by molar-refractivity contribution is 0.300. The van der Waals surface area contributed by atoms with Crippen molar-refractivity contribution in [2.75, 3.05) is 6.54 Å². The van der Waals surface area contributed by atoms with Crippen LogP contribution in [0.3, 0.4) is 0 Å². The standard InChI is InChI=1S/C10H14FN/c1-9(11)12-8-7-10-5-3-2-4-6-10/h2-6,9,12H,7-8H2,1H3. The Hall–Kier alpha value is -0.890. The molecule has 12 heavy (non-hydrogen) atoms. The van der Waals surface area contributed by atoms with Crippen molar-refractivity contribution < 1.29 is 4.39 Å². The molecule has 0 aromatic heterocycles. The summed E-state index contributed by atoms with van der Waals surface area (Å²) in [4.78, 5) is 0. The van der Waals surface area contributed by atoms with Crippen molar-refractivity contribution in [2.45, 2.75) is 19.6 Å². The van der Waals surface area contributed by atoms with Crippen molar-refractivity contribution in [3.05, 3.63) is 35.9 Å². The molecule has 0 heterocycles. The lowest BCUT2D eigenvalue weighted by Gasteiger charge is -2.04. The second-order valence-corrected chi connectivity index (χ2v) is 2.81. The molecular weight excluding hydrogens is 153 g/mol. The van der Waals surface area contributed by atoms with Crippen LogP contribution in [0.25, 0.3) is 0 Å². The van der Waals surface area contributed by atoms with Gasteiger partial charge in [-0.3, -0.25) is 5.32 Å². The van der Waals surface area contributed by atoms with Gasteiger partial charge in [-0.2, -0.15) is 0 Å². The molecule has 0 spiro atoms. The minimum absolute atomic E-state index is 0.696. The molecule has 1 atom stereocenters. The van der Waals surface area contributed by atoms with Crippen LogP contribution in [0.5, 0.6) is 0 Å². The van der Waals surface area contributed by atoms with E-state index in [1.165, 1.54) is 12.5 Å². The average molecular weight is 167 g/mol. The second kappa shape index (κ2) is 4.88. The second-order valence-electron chi connectivity index (χ2n) is 2.81. The van der Waals surface area contributed by atoms with Crippen LogP contribution in [0.15, 0.2) is 30.3 Å². The summed E-state index contributed by atoms with van der Waals surface area (Å²) in [7, 11) is 0. The summed E-state index contributed by atoms with van der Waals surface area (Å²) in [5.74, 6) is 0. The zero-order chi connectivity index (χ0) is 8.81. The molecular formula is C10H14FN. The number of alkyl halides is 1. The molecule has 1 aromatic carbocycles. The predicted octanol–water partition coefficient (Wildman–Crippen LogP) is 2.13. The van der Waals surface area contributed by atoms with Gasteiger partial charge in [0.05, 0.1) is 0 Å². The molecule has 1 nitrogen and oxygen atoms in total. The first kappa shape index (κ1) is 9.20. The van der Waals surface area contributed by atoms with E-state index in [0.29, 0.717) is 6.54 Å². The quantitative estimate of drug-likeness (QED) is 0.677. The molecule has 1 N–H and O–H groups in total. The van der Waals surface area contributed by atoms with E-state index < -0.39 is 6.30 Å². The molecule has 0 aliphatic rings. The number of hydrogen-bond donors (Lipinski definition) is 1. The highest BCUT2D eigenvalue weighted by Crippen LogP contribution is 1.98. The van der Waals surface area contributed by atoms with Crippen molar-refractivity contribution >= 4 is 0 Å². The summed E-state index contributed by atoms with van der Waals surface area (Å²) in [5.41, 5.74) is 1.24. The Labute approximate surface area is 72.6 Å². The lowest BCUT2D eigenvalue weighted by Crippen LogP contribution is -2.23. The van der Waals surface area contributed by atoms with Gasteiger partial charge in [-0.15, -0.1) is 0 Å². The van der Waals surface area contributed by atoms with Crippen molar-refractivity contribution in [3.8, 4) is 0 Å². The molecule has 0 amide bonds. The number of halogens is 1. The van der Waals surface area contributed by atoms with E-state index in [-0.39, 0.29) is 0 Å². The van der Waals surface area contributed by atoms with Crippen LogP contribution >= 0.6 is 0 Å². The minimum atomic E-state index is -0.909. The summed E-state index contributed by atoms with van der Waals surface area (Å²) >= 11 is 0. The van der Waals surface area contributed by atoms with E-state index in [4.69, 9.17) is 0 Å². The van der Waals surface area contributed by atoms with Crippen molar-refractivity contribution in [1.82, 2.24) is 5.32 Å². The van der Waals surface area contributed by atoms with Crippen LogP contribution in [-0.4, -0.2) is 12.8 Å². The number of rotatable bonds is 4. The van der Waals surface area contributed by atoms with E-state index in [1.54, 1.807) is 0 Å². The van der Waals surface area contributed by atoms with Crippen LogP contribution in [0.4, 0.5) is 4.39 Å². The van der Waals surface area contributed by atoms with Gasteiger partial charge in [-0.05, 0) is 18.9 Å². The molecule has 0 aliphatic carbocycles. The van der Waals surface area contributed by atoms with Crippen LogP contribution in [0.1, 0.15) is 12.5 Å². The molecule has 0 saturated heterocycles. The monoisotopic (exact) mass is 167 g/mol. The molecule has 0 saturated carbocycles. The third kappa shape index (κ3) is 3.49. The fourth-order valence-electron chi connectivity index (χ4n) is 1.06. The van der Waals surface area contributed by atoms with Crippen molar-refractivity contribution in [1.29, 1.82) is 0 Å². The van der Waals surface area contributed by atoms with E-state index in [1.807, 2.05) is 30.3 Å². The zero-order valence-corrected chi connectivity index (χ0v) is 7.26. The zero-order valence-electron chi connectivity index (χ0n) is 7.26. The van der Waals surface area contributed by atoms with E-state index in [9.17, 15) is 4.39 Å². The summed E-state index contributed by atoms with van der Waals surface area (Å²) in [6.07, 6.45) is -0.0246. The highest BCUT2D eigenvalue weighted by atomic mass is 19.1. The highest BCUT2D eigenvalue weighted by Gasteiger charge is 1.95. The smallest absolute Gasteiger partial charge is 0.148 e. The SMILES string of the molecule is CC(F)NCCc1ccccc1. The molecule has 0 radical (unpaired) electrons. The maximum absolute atomic E-state index is 12.3. The Kier molecular flexibility index (Phi) is 3.74. The number of hydrogen-bond acceptors (Lipinski definition) is 1. The van der Waals surface area contributed by atoms with E-state index >= 15 is 0 Å². The van der Waals surface area contributed by atoms with Gasteiger partial charge < -0.3 is 0 Å². The largest absolute Gasteiger partial charge is 0.288 e. The average Bonchev–Trinajstić information content (AvgIpc) is 2.05. The van der Waals surface area contributed by atoms with Crippen molar-refractivity contribution in [2.24, 2.45) is 0 Å². The highest BCUT2D eigenvalue weighted by molar-refractivity contribution is 5.14. The first-order valence-electron chi connectivity index (χ1n) is 4.20. The van der Waals surface area contributed by atoms with E-state index in [0.717, 1.165) is 6.42 Å². The molecule has 1 rings (SSSR count). The maximum Gasteiger partial charge on any atom is 0.148 e. The van der Waals surface area contributed by atoms with Crippen LogP contribution in [-0.2, 0) is 6.42 Å². The fraction of sp³-hybridized carbons (Fsp3) is 0.400. The van der Waals surface area contributed by atoms with Gasteiger partial charge in [-0.1, -0.05) is 30.3 Å². The first-order valence-corrected chi connectivity index (χ1v) is 4.20. The number of benzene rings is 1. The summed E-state index contributed by atoms with van der Waals surface area (Å²) in [6, 6.07) is 10.1. The summed E-state index contributed by atoms with van der Waals surface area (Å²) in [5, 5.41) is 2.73. The van der Waals surface area contributed by atoms with Gasteiger partial charge in [0.2, 0.25) is 0 Å². The van der Waals surface area contributed by atoms with E-state index in [2.05, 4.69) is 5.32 Å². The summed E-state index contributed by atoms with van der Waals surface area (Å²) < 4.78 is 12.3. The van der Waals surface area contributed by atoms with Crippen LogP contribution < -0.4 is 5.32 Å². The van der Waals surface area contributed by atoms with Crippen molar-refractivity contribution in [3.63, 3.8) is 0 Å². The van der Waals surface area contributed by atoms with Gasteiger partial charge in [0.1, 0.15) is 6.30 Å². The van der Waals surface area contributed by atoms with Crippen LogP contribution in [0.2, 0.25) is 0 Å². The Morgan fingerprint density at radius 1 is 1.33 bits per heavy atom. The van der Waals surface area contributed by atoms with Gasteiger partial charge in [0.25, 0.3) is 0 Å². The maximum atomic E-state index is 12.3. The molecule has 2 heteroatoms. The van der Waals surface area contributed by atoms with Gasteiger partial charge in [-0.25, -0.2) is 4.39 Å². The third-order valence-electron chi connectivity index (χ3n) is 1.68. The Morgan fingerprint density at radius 2 is 2.00 bits per heavy atom. The lowest BCUT2D eigenvalue weighted by atomic mass is 10.1. The van der Waals surface area contributed by atoms with Gasteiger partial charge in [0, 0.05) is 6.54 Å². The first-order chi connectivity index (χ1) is 5.79. The Bertz CT molecular complexity index is 208. The Morgan fingerprint density at radius 3 is 2.58 bits per heavy atom. The topological polar surface area (TPSA) is 12.0 Å². The molecule has 1 aromatic rings. The molecule has 0 bridgehead atoms. The fourth-order valence-corrected chi connectivity index (χ4v) is 1.06. The molecule has 1 unspecified atom stereocenters. The Balaban J connectivity index is 2.25. The third-order valence-corrected chi connectivity index (χ3v) is 1.68. The normalized spacial score (nSPS) is 12.8. The molecule has 66 valence electrons.